The summed E-state index contributed by atoms with van der Waals surface area (Å²) in [6.07, 6.45) is 2.52. The zero-order valence-electron chi connectivity index (χ0n) is 12.7. The lowest BCUT2D eigenvalue weighted by Crippen LogP contribution is -2.30. The maximum absolute atomic E-state index is 11.8. The molecule has 1 saturated heterocycles. The Morgan fingerprint density at radius 3 is 3.00 bits per heavy atom. The monoisotopic (exact) mass is 314 g/mol. The van der Waals surface area contributed by atoms with Crippen LogP contribution in [0.1, 0.15) is 5.82 Å². The van der Waals surface area contributed by atoms with Gasteiger partial charge in [0, 0.05) is 31.8 Å². The van der Waals surface area contributed by atoms with E-state index in [0.717, 1.165) is 26.0 Å². The van der Waals surface area contributed by atoms with Gasteiger partial charge in [-0.2, -0.15) is 0 Å². The molecule has 0 aromatic carbocycles. The second-order valence-corrected chi connectivity index (χ2v) is 7.47. The average molecular weight is 314 g/mol. The fourth-order valence-corrected chi connectivity index (χ4v) is 2.99. The Morgan fingerprint density at radius 2 is 2.29 bits per heavy atom. The first-order chi connectivity index (χ1) is 9.86. The van der Waals surface area contributed by atoms with Crippen LogP contribution in [-0.4, -0.2) is 69.4 Å². The van der Waals surface area contributed by atoms with Gasteiger partial charge in [-0.3, -0.25) is 0 Å². The second kappa shape index (κ2) is 6.67. The van der Waals surface area contributed by atoms with Gasteiger partial charge in [0.25, 0.3) is 0 Å². The van der Waals surface area contributed by atoms with E-state index in [0.29, 0.717) is 30.7 Å². The third-order valence-electron chi connectivity index (χ3n) is 3.37. The Labute approximate surface area is 125 Å². The summed E-state index contributed by atoms with van der Waals surface area (Å²) in [5.41, 5.74) is 0. The predicted octanol–water partition coefficient (Wildman–Crippen LogP) is 0.179. The molecule has 8 heteroatoms. The number of likely N-dealkylation sites (N-methyl/N-ethyl adjacent to an activating group) is 1. The van der Waals surface area contributed by atoms with Crippen molar-refractivity contribution in [1.82, 2.24) is 14.9 Å². The molecule has 1 aromatic heterocycles. The van der Waals surface area contributed by atoms with Crippen LogP contribution in [0, 0.1) is 12.8 Å². The highest BCUT2D eigenvalue weighted by Crippen LogP contribution is 2.18. The number of ether oxygens (including phenoxy) is 1. The number of aromatic nitrogens is 2. The molecule has 7 nitrogen and oxygen atoms in total. The van der Waals surface area contributed by atoms with E-state index in [1.807, 2.05) is 0 Å². The van der Waals surface area contributed by atoms with Crippen molar-refractivity contribution in [2.75, 3.05) is 51.5 Å². The van der Waals surface area contributed by atoms with E-state index in [1.54, 1.807) is 6.92 Å². The van der Waals surface area contributed by atoms with Crippen molar-refractivity contribution < 1.29 is 13.2 Å². The summed E-state index contributed by atoms with van der Waals surface area (Å²) in [7, 11) is -1.30. The quantitative estimate of drug-likeness (QED) is 0.848. The van der Waals surface area contributed by atoms with Gasteiger partial charge in [-0.25, -0.2) is 18.4 Å². The normalized spacial score (nSPS) is 21.0. The van der Waals surface area contributed by atoms with E-state index in [9.17, 15) is 8.42 Å². The highest BCUT2D eigenvalue weighted by molar-refractivity contribution is 7.90. The molecule has 0 amide bonds. The molecule has 0 spiro atoms. The van der Waals surface area contributed by atoms with Crippen molar-refractivity contribution in [1.29, 1.82) is 0 Å². The Kier molecular flexibility index (Phi) is 5.13. The summed E-state index contributed by atoms with van der Waals surface area (Å²) in [4.78, 5) is 10.5. The number of aryl methyl sites for hydroxylation is 1. The van der Waals surface area contributed by atoms with Crippen LogP contribution in [-0.2, 0) is 14.6 Å². The topological polar surface area (TPSA) is 84.4 Å². The van der Waals surface area contributed by atoms with Gasteiger partial charge in [0.2, 0.25) is 0 Å². The van der Waals surface area contributed by atoms with Gasteiger partial charge in [0.1, 0.15) is 16.5 Å². The molecule has 1 aliphatic heterocycles. The number of sulfone groups is 1. The van der Waals surface area contributed by atoms with E-state index in [4.69, 9.17) is 4.74 Å². The van der Waals surface area contributed by atoms with Gasteiger partial charge in [0.15, 0.2) is 9.84 Å². The summed E-state index contributed by atoms with van der Waals surface area (Å²) < 4.78 is 29.1. The van der Waals surface area contributed by atoms with Crippen LogP contribution in [0.3, 0.4) is 0 Å². The smallest absolute Gasteiger partial charge is 0.180 e. The molecule has 2 heterocycles. The maximum Gasteiger partial charge on any atom is 0.180 e. The number of anilines is 1. The Balaban J connectivity index is 2.10. The standard InChI is InChI=1S/C13H22N4O3S/c1-10-14-7-12(21(3,18)19)13(16-10)15-6-11-8-17(2)4-5-20-9-11/h7,11H,4-6,8-9H2,1-3H3,(H,14,15,16)/t11-/m0/s1. The van der Waals surface area contributed by atoms with E-state index < -0.39 is 9.84 Å². The molecule has 2 rings (SSSR count). The minimum Gasteiger partial charge on any atom is -0.380 e. The van der Waals surface area contributed by atoms with E-state index in [2.05, 4.69) is 27.2 Å². The summed E-state index contributed by atoms with van der Waals surface area (Å²) >= 11 is 0. The Morgan fingerprint density at radius 1 is 1.52 bits per heavy atom. The van der Waals surface area contributed by atoms with Gasteiger partial charge >= 0.3 is 0 Å². The molecule has 0 bridgehead atoms. The van der Waals surface area contributed by atoms with Crippen molar-refractivity contribution in [3.63, 3.8) is 0 Å². The SMILES string of the molecule is Cc1ncc(S(C)(=O)=O)c(NC[C@@H]2COCCN(C)C2)n1. The van der Waals surface area contributed by atoms with Gasteiger partial charge in [-0.15, -0.1) is 0 Å². The number of nitrogens with one attached hydrogen (secondary N) is 1. The van der Waals surface area contributed by atoms with Crippen LogP contribution < -0.4 is 5.32 Å². The fourth-order valence-electron chi connectivity index (χ4n) is 2.28. The third-order valence-corrected chi connectivity index (χ3v) is 4.47. The van der Waals surface area contributed by atoms with Crippen LogP contribution in [0.5, 0.6) is 0 Å². The molecule has 1 aliphatic rings. The fraction of sp³-hybridized carbons (Fsp3) is 0.692. The molecule has 0 aliphatic carbocycles. The zero-order chi connectivity index (χ0) is 15.5. The lowest BCUT2D eigenvalue weighted by Gasteiger charge is -2.20. The minimum atomic E-state index is -3.35. The lowest BCUT2D eigenvalue weighted by molar-refractivity contribution is 0.125. The lowest BCUT2D eigenvalue weighted by atomic mass is 10.1. The van der Waals surface area contributed by atoms with Crippen LogP contribution in [0.4, 0.5) is 5.82 Å². The maximum atomic E-state index is 11.8. The van der Waals surface area contributed by atoms with Crippen molar-refractivity contribution in [2.24, 2.45) is 5.92 Å². The van der Waals surface area contributed by atoms with E-state index in [-0.39, 0.29) is 4.90 Å². The van der Waals surface area contributed by atoms with Crippen molar-refractivity contribution in [3.05, 3.63) is 12.0 Å². The second-order valence-electron chi connectivity index (χ2n) is 5.49. The summed E-state index contributed by atoms with van der Waals surface area (Å²) in [5, 5.41) is 3.14. The predicted molar refractivity (Wildman–Crippen MR) is 80.2 cm³/mol. The van der Waals surface area contributed by atoms with Crippen LogP contribution in [0.2, 0.25) is 0 Å². The molecular formula is C13H22N4O3S. The van der Waals surface area contributed by atoms with Crippen LogP contribution >= 0.6 is 0 Å². The molecule has 0 unspecified atom stereocenters. The molecule has 1 aromatic rings. The Bertz CT molecular complexity index is 591. The third kappa shape index (κ3) is 4.62. The summed E-state index contributed by atoms with van der Waals surface area (Å²) in [6.45, 7) is 5.57. The molecule has 1 N–H and O–H groups in total. The van der Waals surface area contributed by atoms with Crippen LogP contribution in [0.25, 0.3) is 0 Å². The largest absolute Gasteiger partial charge is 0.380 e. The molecule has 1 atom stereocenters. The van der Waals surface area contributed by atoms with Crippen molar-refractivity contribution in [3.8, 4) is 0 Å². The molecule has 0 saturated carbocycles. The average Bonchev–Trinajstić information content (AvgIpc) is 2.59. The zero-order valence-corrected chi connectivity index (χ0v) is 13.5. The van der Waals surface area contributed by atoms with Gasteiger partial charge in [-0.1, -0.05) is 0 Å². The highest BCUT2D eigenvalue weighted by atomic mass is 32.2. The molecule has 21 heavy (non-hydrogen) atoms. The van der Waals surface area contributed by atoms with Crippen LogP contribution in [0.15, 0.2) is 11.1 Å². The first kappa shape index (κ1) is 16.1. The number of nitrogens with zero attached hydrogens (tertiary/aromatic N) is 3. The molecule has 118 valence electrons. The van der Waals surface area contributed by atoms with Gasteiger partial charge < -0.3 is 15.0 Å². The first-order valence-corrected chi connectivity index (χ1v) is 8.79. The summed E-state index contributed by atoms with van der Waals surface area (Å²) in [5.74, 6) is 1.20. The number of hydrogen-bond acceptors (Lipinski definition) is 7. The molecular weight excluding hydrogens is 292 g/mol. The Hall–Kier alpha value is -1.25. The first-order valence-electron chi connectivity index (χ1n) is 6.90. The van der Waals surface area contributed by atoms with E-state index in [1.165, 1.54) is 6.20 Å². The highest BCUT2D eigenvalue weighted by Gasteiger charge is 2.19. The van der Waals surface area contributed by atoms with Gasteiger partial charge in [-0.05, 0) is 14.0 Å². The summed E-state index contributed by atoms with van der Waals surface area (Å²) in [6, 6.07) is 0. The molecule has 0 radical (unpaired) electrons. The van der Waals surface area contributed by atoms with E-state index >= 15 is 0 Å². The van der Waals surface area contributed by atoms with Crippen molar-refractivity contribution in [2.45, 2.75) is 11.8 Å². The molecule has 1 fully saturated rings. The van der Waals surface area contributed by atoms with Crippen molar-refractivity contribution >= 4 is 15.7 Å². The minimum absolute atomic E-state index is 0.135. The van der Waals surface area contributed by atoms with Gasteiger partial charge in [0.05, 0.1) is 19.4 Å². The number of rotatable bonds is 4. The number of hydrogen-bond donors (Lipinski definition) is 1.